The highest BCUT2D eigenvalue weighted by Crippen LogP contribution is 2.33. The summed E-state index contributed by atoms with van der Waals surface area (Å²) in [6, 6.07) is 4.80. The fourth-order valence-corrected chi connectivity index (χ4v) is 4.45. The molecule has 0 spiro atoms. The Morgan fingerprint density at radius 2 is 1.52 bits per heavy atom. The van der Waals surface area contributed by atoms with E-state index in [0.29, 0.717) is 5.69 Å². The van der Waals surface area contributed by atoms with Gasteiger partial charge < -0.3 is 9.13 Å². The zero-order valence-electron chi connectivity index (χ0n) is 14.7. The van der Waals surface area contributed by atoms with Gasteiger partial charge in [0.05, 0.1) is 5.56 Å². The predicted octanol–water partition coefficient (Wildman–Crippen LogP) is 5.23. The maximum absolute atomic E-state index is 13.0. The number of alkyl halides is 3. The van der Waals surface area contributed by atoms with Crippen LogP contribution < -0.4 is 4.57 Å². The van der Waals surface area contributed by atoms with Gasteiger partial charge in [-0.3, -0.25) is 0 Å². The average molecular weight is 363 g/mol. The van der Waals surface area contributed by atoms with E-state index in [0.717, 1.165) is 12.1 Å². The Kier molecular flexibility index (Phi) is 5.42. The zero-order valence-corrected chi connectivity index (χ0v) is 16.7. The van der Waals surface area contributed by atoms with Crippen LogP contribution in [0.2, 0.25) is 39.3 Å². The average Bonchev–Trinajstić information content (AvgIpc) is 2.34. The molecule has 0 saturated heterocycles. The van der Waals surface area contributed by atoms with Gasteiger partial charge in [0.2, 0.25) is 0 Å². The molecule has 0 aliphatic heterocycles. The minimum atomic E-state index is -4.42. The van der Waals surface area contributed by atoms with Crippen LogP contribution in [0.25, 0.3) is 0 Å². The molecule has 0 heterocycles. The molecule has 0 unspecified atom stereocenters. The highest BCUT2D eigenvalue weighted by atomic mass is 28.3. The lowest BCUT2D eigenvalue weighted by atomic mass is 10.2. The molecule has 130 valence electrons. The number of carbonyl (C=O) groups excluding carboxylic acids is 1. The molecular weight excluding hydrogens is 337 g/mol. The molecule has 3 nitrogen and oxygen atoms in total. The first-order valence-corrected chi connectivity index (χ1v) is 14.3. The van der Waals surface area contributed by atoms with E-state index >= 15 is 0 Å². The second-order valence-corrected chi connectivity index (χ2v) is 17.4. The van der Waals surface area contributed by atoms with Gasteiger partial charge in [-0.05, 0) is 18.2 Å². The molecule has 0 aliphatic rings. The molecule has 0 saturated carbocycles. The molecule has 23 heavy (non-hydrogen) atoms. The number of rotatable bonds is 3. The van der Waals surface area contributed by atoms with E-state index in [-0.39, 0.29) is 6.03 Å². The molecule has 2 amide bonds. The van der Waals surface area contributed by atoms with Crippen LogP contribution in [0.5, 0.6) is 0 Å². The number of carbonyl (C=O) groups is 1. The Morgan fingerprint density at radius 3 is 1.91 bits per heavy atom. The molecule has 1 aromatic carbocycles. The number of benzene rings is 1. The van der Waals surface area contributed by atoms with Gasteiger partial charge in [0.15, 0.2) is 16.5 Å². The van der Waals surface area contributed by atoms with Crippen molar-refractivity contribution in [1.29, 1.82) is 0 Å². The number of urea groups is 1. The highest BCUT2D eigenvalue weighted by molar-refractivity contribution is 6.84. The van der Waals surface area contributed by atoms with E-state index in [9.17, 15) is 18.0 Å². The summed E-state index contributed by atoms with van der Waals surface area (Å²) in [5, 5.41) is 0. The summed E-state index contributed by atoms with van der Waals surface area (Å²) in [4.78, 5) is 12.9. The summed E-state index contributed by atoms with van der Waals surface area (Å²) in [6.07, 6.45) is -4.42. The lowest BCUT2D eigenvalue weighted by molar-refractivity contribution is -0.137. The molecule has 0 radical (unpaired) electrons. The minimum Gasteiger partial charge on any atom is -0.355 e. The van der Waals surface area contributed by atoms with E-state index < -0.39 is 28.2 Å². The summed E-state index contributed by atoms with van der Waals surface area (Å²) < 4.78 is 42.2. The second kappa shape index (κ2) is 6.31. The van der Waals surface area contributed by atoms with Gasteiger partial charge in [0, 0.05) is 12.7 Å². The number of amides is 2. The Morgan fingerprint density at radius 1 is 1.00 bits per heavy atom. The van der Waals surface area contributed by atoms with Crippen molar-refractivity contribution in [1.82, 2.24) is 4.57 Å². The summed E-state index contributed by atoms with van der Waals surface area (Å²) in [5.41, 5.74) is -0.421. The Labute approximate surface area is 138 Å². The van der Waals surface area contributed by atoms with Crippen molar-refractivity contribution < 1.29 is 18.0 Å². The first-order chi connectivity index (χ1) is 10.2. The summed E-state index contributed by atoms with van der Waals surface area (Å²) in [6.45, 7) is 11.9. The zero-order chi connectivity index (χ0) is 18.2. The van der Waals surface area contributed by atoms with Crippen LogP contribution in [0.3, 0.4) is 0 Å². The standard InChI is InChI=1S/C15H25F3N2OSi2/c1-19(22(2,3)4)14(21)20(23(5,6)7)13-10-8-9-12(11-13)15(16,17)18/h8-11H,1-7H3. The maximum Gasteiger partial charge on any atom is 0.416 e. The first-order valence-electron chi connectivity index (χ1n) is 7.41. The quantitative estimate of drug-likeness (QED) is 0.675. The third kappa shape index (κ3) is 4.84. The van der Waals surface area contributed by atoms with Gasteiger partial charge in [-0.25, -0.2) is 4.79 Å². The van der Waals surface area contributed by atoms with Crippen LogP contribution in [0.4, 0.5) is 23.7 Å². The van der Waals surface area contributed by atoms with Gasteiger partial charge in [0.1, 0.15) is 0 Å². The van der Waals surface area contributed by atoms with Crippen molar-refractivity contribution in [2.24, 2.45) is 0 Å². The van der Waals surface area contributed by atoms with Crippen LogP contribution in [-0.2, 0) is 6.18 Å². The molecule has 0 aromatic heterocycles. The monoisotopic (exact) mass is 362 g/mol. The molecule has 0 fully saturated rings. The normalized spacial score (nSPS) is 13.0. The molecular formula is C15H25F3N2OSi2. The van der Waals surface area contributed by atoms with Crippen LogP contribution >= 0.6 is 0 Å². The maximum atomic E-state index is 13.0. The molecule has 0 atom stereocenters. The fourth-order valence-electron chi connectivity index (χ4n) is 2.04. The SMILES string of the molecule is CN(C(=O)N(c1cccc(C(F)(F)F)c1)[Si](C)(C)C)[Si](C)(C)C. The lowest BCUT2D eigenvalue weighted by Gasteiger charge is -2.41. The van der Waals surface area contributed by atoms with Crippen molar-refractivity contribution in [3.63, 3.8) is 0 Å². The Balaban J connectivity index is 3.38. The summed E-state index contributed by atoms with van der Waals surface area (Å²) in [5.74, 6) is 0. The van der Waals surface area contributed by atoms with E-state index in [4.69, 9.17) is 0 Å². The van der Waals surface area contributed by atoms with Crippen LogP contribution in [0.15, 0.2) is 24.3 Å². The number of hydrogen-bond donors (Lipinski definition) is 0. The van der Waals surface area contributed by atoms with Crippen LogP contribution in [0, 0.1) is 0 Å². The molecule has 0 N–H and O–H groups in total. The van der Waals surface area contributed by atoms with Gasteiger partial charge in [-0.2, -0.15) is 13.2 Å². The number of anilines is 1. The third-order valence-corrected chi connectivity index (χ3v) is 7.58. The molecule has 0 aliphatic carbocycles. The van der Waals surface area contributed by atoms with E-state index in [1.54, 1.807) is 22.2 Å². The molecule has 0 bridgehead atoms. The second-order valence-electron chi connectivity index (χ2n) is 7.57. The molecule has 1 aromatic rings. The van der Waals surface area contributed by atoms with Gasteiger partial charge in [-0.15, -0.1) is 0 Å². The third-order valence-electron chi connectivity index (χ3n) is 3.59. The largest absolute Gasteiger partial charge is 0.416 e. The highest BCUT2D eigenvalue weighted by Gasteiger charge is 2.37. The van der Waals surface area contributed by atoms with Crippen LogP contribution in [-0.4, -0.2) is 34.1 Å². The first kappa shape index (κ1) is 19.8. The van der Waals surface area contributed by atoms with Crippen molar-refractivity contribution in [3.05, 3.63) is 29.8 Å². The van der Waals surface area contributed by atoms with Gasteiger partial charge >= 0.3 is 12.2 Å². The molecule has 8 heteroatoms. The van der Waals surface area contributed by atoms with Crippen molar-refractivity contribution in [3.8, 4) is 0 Å². The number of nitrogens with zero attached hydrogens (tertiary/aromatic N) is 2. The number of hydrogen-bond acceptors (Lipinski definition) is 1. The van der Waals surface area contributed by atoms with Gasteiger partial charge in [0.25, 0.3) is 0 Å². The minimum absolute atomic E-state index is 0.220. The lowest BCUT2D eigenvalue weighted by Crippen LogP contribution is -2.59. The Hall–Kier alpha value is -1.29. The smallest absolute Gasteiger partial charge is 0.355 e. The van der Waals surface area contributed by atoms with Crippen molar-refractivity contribution in [2.75, 3.05) is 11.6 Å². The van der Waals surface area contributed by atoms with Gasteiger partial charge in [-0.1, -0.05) is 45.3 Å². The van der Waals surface area contributed by atoms with Crippen LogP contribution in [0.1, 0.15) is 5.56 Å². The fraction of sp³-hybridized carbons (Fsp3) is 0.533. The summed E-state index contributed by atoms with van der Waals surface area (Å²) in [7, 11) is -2.39. The Bertz CT molecular complexity index is 577. The predicted molar refractivity (Wildman–Crippen MR) is 93.8 cm³/mol. The summed E-state index contributed by atoms with van der Waals surface area (Å²) >= 11 is 0. The topological polar surface area (TPSA) is 23.6 Å². The van der Waals surface area contributed by atoms with E-state index in [1.807, 2.05) is 39.3 Å². The molecule has 1 rings (SSSR count). The van der Waals surface area contributed by atoms with E-state index in [2.05, 4.69) is 0 Å². The van der Waals surface area contributed by atoms with Crippen molar-refractivity contribution in [2.45, 2.75) is 45.5 Å². The van der Waals surface area contributed by atoms with Crippen molar-refractivity contribution >= 4 is 28.2 Å². The number of halogens is 3. The van der Waals surface area contributed by atoms with E-state index in [1.165, 1.54) is 6.07 Å².